The number of aromatic carboxylic acids is 1. The summed E-state index contributed by atoms with van der Waals surface area (Å²) < 4.78 is 13.9. The van der Waals surface area contributed by atoms with Crippen molar-refractivity contribution in [2.45, 2.75) is 0 Å². The van der Waals surface area contributed by atoms with Gasteiger partial charge in [-0.05, 0) is 18.2 Å². The molecule has 0 aliphatic rings. The Hall–Kier alpha value is -2.53. The third-order valence-corrected chi connectivity index (χ3v) is 3.41. The lowest BCUT2D eigenvalue weighted by Gasteiger charge is -2.09. The first-order valence-corrected chi connectivity index (χ1v) is 6.37. The molecule has 0 spiro atoms. The molecule has 6 heteroatoms. The zero-order valence-electron chi connectivity index (χ0n) is 10.5. The van der Waals surface area contributed by atoms with Gasteiger partial charge < -0.3 is 5.11 Å². The van der Waals surface area contributed by atoms with Crippen LogP contribution in [0.4, 0.5) is 4.39 Å². The molecule has 0 saturated carbocycles. The van der Waals surface area contributed by atoms with Crippen molar-refractivity contribution in [1.29, 1.82) is 0 Å². The number of rotatable bonds is 2. The van der Waals surface area contributed by atoms with E-state index in [0.717, 1.165) is 6.20 Å². The zero-order valence-corrected chi connectivity index (χ0v) is 11.3. The smallest absolute Gasteiger partial charge is 0.335 e. The van der Waals surface area contributed by atoms with Crippen molar-refractivity contribution in [2.75, 3.05) is 0 Å². The average molecular weight is 303 g/mol. The van der Waals surface area contributed by atoms with Crippen molar-refractivity contribution < 1.29 is 14.3 Å². The van der Waals surface area contributed by atoms with E-state index in [9.17, 15) is 9.18 Å². The first-order chi connectivity index (χ1) is 10.1. The maximum absolute atomic E-state index is 13.9. The lowest BCUT2D eigenvalue weighted by atomic mass is 10.0. The van der Waals surface area contributed by atoms with Crippen LogP contribution in [0.5, 0.6) is 0 Å². The summed E-state index contributed by atoms with van der Waals surface area (Å²) in [5.74, 6) is -1.60. The molecule has 2 aromatic heterocycles. The quantitative estimate of drug-likeness (QED) is 0.782. The molecule has 0 unspecified atom stereocenters. The first kappa shape index (κ1) is 13.5. The third-order valence-electron chi connectivity index (χ3n) is 3.11. The molecule has 0 aliphatic carbocycles. The van der Waals surface area contributed by atoms with Gasteiger partial charge in [-0.2, -0.15) is 0 Å². The van der Waals surface area contributed by atoms with Gasteiger partial charge in [-0.15, -0.1) is 0 Å². The molecular formula is C15H8ClFN2O2. The summed E-state index contributed by atoms with van der Waals surface area (Å²) in [4.78, 5) is 18.9. The number of carboxylic acid groups (broad SMARTS) is 1. The second-order valence-electron chi connectivity index (χ2n) is 4.38. The van der Waals surface area contributed by atoms with Gasteiger partial charge in [-0.3, -0.25) is 9.97 Å². The van der Waals surface area contributed by atoms with Crippen LogP contribution in [0.2, 0.25) is 5.02 Å². The van der Waals surface area contributed by atoms with Gasteiger partial charge in [0.1, 0.15) is 0 Å². The Bertz CT molecular complexity index is 867. The molecular weight excluding hydrogens is 295 g/mol. The number of carbonyl (C=O) groups is 1. The number of hydrogen-bond donors (Lipinski definition) is 1. The van der Waals surface area contributed by atoms with Crippen molar-refractivity contribution in [2.24, 2.45) is 0 Å². The summed E-state index contributed by atoms with van der Waals surface area (Å²) in [6.45, 7) is 0. The fourth-order valence-electron chi connectivity index (χ4n) is 2.12. The van der Waals surface area contributed by atoms with Crippen LogP contribution in [0.1, 0.15) is 10.4 Å². The molecule has 1 aromatic carbocycles. The Balaban J connectivity index is 2.38. The van der Waals surface area contributed by atoms with Gasteiger partial charge >= 0.3 is 5.97 Å². The van der Waals surface area contributed by atoms with E-state index in [4.69, 9.17) is 16.7 Å². The highest BCUT2D eigenvalue weighted by atomic mass is 35.5. The molecule has 104 valence electrons. The summed E-state index contributed by atoms with van der Waals surface area (Å²) >= 11 is 6.07. The van der Waals surface area contributed by atoms with Gasteiger partial charge in [-0.25, -0.2) is 9.18 Å². The Morgan fingerprint density at radius 1 is 1.19 bits per heavy atom. The number of halogens is 2. The lowest BCUT2D eigenvalue weighted by molar-refractivity contribution is 0.0697. The Labute approximate surface area is 123 Å². The van der Waals surface area contributed by atoms with Crippen LogP contribution < -0.4 is 0 Å². The summed E-state index contributed by atoms with van der Waals surface area (Å²) in [6, 6.07) is 5.96. The van der Waals surface area contributed by atoms with Gasteiger partial charge in [0.25, 0.3) is 0 Å². The highest BCUT2D eigenvalue weighted by Crippen LogP contribution is 2.32. The van der Waals surface area contributed by atoms with Crippen molar-refractivity contribution >= 4 is 28.3 Å². The average Bonchev–Trinajstić information content (AvgIpc) is 2.48. The van der Waals surface area contributed by atoms with Gasteiger partial charge in [0.05, 0.1) is 22.5 Å². The Morgan fingerprint density at radius 2 is 2.00 bits per heavy atom. The summed E-state index contributed by atoms with van der Waals surface area (Å²) in [5.41, 5.74) is 0.661. The maximum atomic E-state index is 13.9. The van der Waals surface area contributed by atoms with Crippen LogP contribution >= 0.6 is 11.6 Å². The number of aromatic nitrogens is 2. The van der Waals surface area contributed by atoms with Gasteiger partial charge in [0.15, 0.2) is 5.82 Å². The molecule has 0 fully saturated rings. The second kappa shape index (κ2) is 5.10. The summed E-state index contributed by atoms with van der Waals surface area (Å²) in [7, 11) is 0. The fourth-order valence-corrected chi connectivity index (χ4v) is 2.34. The minimum Gasteiger partial charge on any atom is -0.478 e. The molecule has 3 aromatic rings. The molecule has 0 atom stereocenters. The fraction of sp³-hybridized carbons (Fsp3) is 0. The minimum atomic E-state index is -1.07. The topological polar surface area (TPSA) is 63.1 Å². The second-order valence-corrected chi connectivity index (χ2v) is 4.78. The van der Waals surface area contributed by atoms with Crippen molar-refractivity contribution in [3.05, 3.63) is 59.3 Å². The van der Waals surface area contributed by atoms with Crippen LogP contribution in [-0.4, -0.2) is 21.0 Å². The van der Waals surface area contributed by atoms with Crippen LogP contribution in [0, 0.1) is 5.82 Å². The van der Waals surface area contributed by atoms with Crippen molar-refractivity contribution in [1.82, 2.24) is 9.97 Å². The van der Waals surface area contributed by atoms with Crippen LogP contribution in [0.3, 0.4) is 0 Å². The van der Waals surface area contributed by atoms with Crippen LogP contribution in [0.25, 0.3) is 22.0 Å². The molecule has 0 bridgehead atoms. The van der Waals surface area contributed by atoms with Crippen molar-refractivity contribution in [3.8, 4) is 11.3 Å². The van der Waals surface area contributed by atoms with Crippen molar-refractivity contribution in [3.63, 3.8) is 0 Å². The van der Waals surface area contributed by atoms with E-state index in [2.05, 4.69) is 9.97 Å². The highest BCUT2D eigenvalue weighted by Gasteiger charge is 2.14. The Kier molecular flexibility index (Phi) is 3.27. The summed E-state index contributed by atoms with van der Waals surface area (Å²) in [5, 5.41) is 10.6. The third kappa shape index (κ3) is 2.32. The number of fused-ring (bicyclic) bond motifs is 1. The number of benzene rings is 1. The molecule has 3 rings (SSSR count). The number of carboxylic acids is 1. The van der Waals surface area contributed by atoms with E-state index in [-0.39, 0.29) is 11.1 Å². The van der Waals surface area contributed by atoms with E-state index in [1.165, 1.54) is 30.6 Å². The van der Waals surface area contributed by atoms with Gasteiger partial charge in [0.2, 0.25) is 0 Å². The number of hydrogen-bond acceptors (Lipinski definition) is 3. The van der Waals surface area contributed by atoms with E-state index in [1.54, 1.807) is 6.07 Å². The highest BCUT2D eigenvalue weighted by molar-refractivity contribution is 6.35. The van der Waals surface area contributed by atoms with Gasteiger partial charge in [-0.1, -0.05) is 17.7 Å². The molecule has 0 aliphatic heterocycles. The number of nitrogens with zero attached hydrogens (tertiary/aromatic N) is 2. The first-order valence-electron chi connectivity index (χ1n) is 5.99. The summed E-state index contributed by atoms with van der Waals surface area (Å²) in [6.07, 6.45) is 3.94. The van der Waals surface area contributed by atoms with Crippen LogP contribution in [-0.2, 0) is 0 Å². The standard InChI is InChI=1S/C15H8ClFN2O2/c16-12-6-19-14(10-3-4-18-7-13(10)17)11-5-8(15(20)21)1-2-9(11)12/h1-7H,(H,20,21). The normalized spacial score (nSPS) is 10.8. The largest absolute Gasteiger partial charge is 0.478 e. The van der Waals surface area contributed by atoms with E-state index >= 15 is 0 Å². The predicted molar refractivity (Wildman–Crippen MR) is 76.9 cm³/mol. The minimum absolute atomic E-state index is 0.0854. The molecule has 0 amide bonds. The molecule has 21 heavy (non-hydrogen) atoms. The van der Waals surface area contributed by atoms with E-state index in [1.807, 2.05) is 0 Å². The SMILES string of the molecule is O=C(O)c1ccc2c(Cl)cnc(-c3ccncc3F)c2c1. The lowest BCUT2D eigenvalue weighted by Crippen LogP contribution is -1.97. The molecule has 0 radical (unpaired) electrons. The predicted octanol–water partition coefficient (Wildman–Crippen LogP) is 3.79. The number of pyridine rings is 2. The van der Waals surface area contributed by atoms with Crippen LogP contribution in [0.15, 0.2) is 42.9 Å². The molecule has 1 N–H and O–H groups in total. The van der Waals surface area contributed by atoms with Gasteiger partial charge in [0, 0.05) is 28.7 Å². The molecule has 0 saturated heterocycles. The van der Waals surface area contributed by atoms with E-state index < -0.39 is 11.8 Å². The molecule has 2 heterocycles. The zero-order chi connectivity index (χ0) is 15.0. The molecule has 4 nitrogen and oxygen atoms in total. The van der Waals surface area contributed by atoms with E-state index in [0.29, 0.717) is 21.5 Å². The Morgan fingerprint density at radius 3 is 2.71 bits per heavy atom. The maximum Gasteiger partial charge on any atom is 0.335 e. The monoisotopic (exact) mass is 302 g/mol.